The lowest BCUT2D eigenvalue weighted by Gasteiger charge is -2.32. The van der Waals surface area contributed by atoms with E-state index in [4.69, 9.17) is 13.8 Å². The Bertz CT molecular complexity index is 543. The van der Waals surface area contributed by atoms with E-state index >= 15 is 0 Å². The summed E-state index contributed by atoms with van der Waals surface area (Å²) in [7, 11) is -1.84. The molecule has 1 aliphatic heterocycles. The maximum absolute atomic E-state index is 11.6. The van der Waals surface area contributed by atoms with Crippen LogP contribution in [-0.2, 0) is 13.8 Å². The molecule has 4 unspecified atom stereocenters. The van der Waals surface area contributed by atoms with E-state index in [0.717, 1.165) is 0 Å². The van der Waals surface area contributed by atoms with Gasteiger partial charge in [-0.1, -0.05) is 0 Å². The largest absolute Gasteiger partial charge is 0.350 e. The van der Waals surface area contributed by atoms with Gasteiger partial charge >= 0.3 is 14.3 Å². The first-order chi connectivity index (χ1) is 8.97. The van der Waals surface area contributed by atoms with Gasteiger partial charge in [-0.2, -0.15) is 0 Å². The minimum atomic E-state index is -1.84. The average Bonchev–Trinajstić information content (AvgIpc) is 2.32. The quantitative estimate of drug-likeness (QED) is 0.765. The summed E-state index contributed by atoms with van der Waals surface area (Å²) in [5, 5.41) is 0. The summed E-state index contributed by atoms with van der Waals surface area (Å²) in [4.78, 5) is 33.9. The fraction of sp³-hybridized carbons (Fsp3) is 0.600. The number of nitrogens with zero attached hydrogens (tertiary/aromatic N) is 1. The van der Waals surface area contributed by atoms with E-state index in [2.05, 4.69) is 4.98 Å². The Hall–Kier alpha value is -1.05. The number of hydrogen-bond acceptors (Lipinski definition) is 6. The highest BCUT2D eigenvalue weighted by molar-refractivity contribution is 7.40. The SMILES string of the molecule is CC1OP(O)OCC1OC(C)n1ccc(=O)[nH]c1=O. The van der Waals surface area contributed by atoms with Crippen LogP contribution in [0.2, 0.25) is 0 Å². The first-order valence-electron chi connectivity index (χ1n) is 5.73. The number of nitrogens with one attached hydrogen (secondary N) is 1. The van der Waals surface area contributed by atoms with Crippen LogP contribution in [0.1, 0.15) is 20.1 Å². The second-order valence-electron chi connectivity index (χ2n) is 4.14. The Labute approximate surface area is 109 Å². The monoisotopic (exact) mass is 290 g/mol. The molecule has 0 saturated carbocycles. The Morgan fingerprint density at radius 3 is 3.00 bits per heavy atom. The minimum Gasteiger partial charge on any atom is -0.350 e. The zero-order valence-corrected chi connectivity index (χ0v) is 11.4. The fourth-order valence-corrected chi connectivity index (χ4v) is 2.45. The number of hydrogen-bond donors (Lipinski definition) is 2. The van der Waals surface area contributed by atoms with Crippen LogP contribution in [-0.4, -0.2) is 33.3 Å². The highest BCUT2D eigenvalue weighted by Crippen LogP contribution is 2.40. The number of aromatic nitrogens is 2. The predicted molar refractivity (Wildman–Crippen MR) is 66.5 cm³/mol. The van der Waals surface area contributed by atoms with E-state index in [-0.39, 0.29) is 12.7 Å². The molecule has 0 bridgehead atoms. The highest BCUT2D eigenvalue weighted by Gasteiger charge is 2.31. The molecule has 4 atom stereocenters. The number of ether oxygens (including phenoxy) is 1. The van der Waals surface area contributed by atoms with Gasteiger partial charge in [0.1, 0.15) is 12.3 Å². The van der Waals surface area contributed by atoms with Crippen LogP contribution in [0, 0.1) is 0 Å². The lowest BCUT2D eigenvalue weighted by atomic mass is 10.2. The van der Waals surface area contributed by atoms with Gasteiger partial charge in [-0.05, 0) is 13.8 Å². The maximum atomic E-state index is 11.6. The third-order valence-corrected chi connectivity index (χ3v) is 3.63. The van der Waals surface area contributed by atoms with Crippen molar-refractivity contribution in [2.24, 2.45) is 0 Å². The Balaban J connectivity index is 2.06. The third-order valence-electron chi connectivity index (χ3n) is 2.74. The molecule has 2 N–H and O–H groups in total. The molecule has 106 valence electrons. The molecule has 9 heteroatoms. The number of H-pyrrole nitrogens is 1. The average molecular weight is 290 g/mol. The Kier molecular flexibility index (Phi) is 4.49. The van der Waals surface area contributed by atoms with E-state index in [1.165, 1.54) is 16.8 Å². The summed E-state index contributed by atoms with van der Waals surface area (Å²) in [6.45, 7) is 3.61. The summed E-state index contributed by atoms with van der Waals surface area (Å²) in [6.07, 6.45) is 0.0255. The molecule has 1 saturated heterocycles. The van der Waals surface area contributed by atoms with Crippen molar-refractivity contribution in [1.29, 1.82) is 0 Å². The van der Waals surface area contributed by atoms with Crippen LogP contribution in [0.25, 0.3) is 0 Å². The van der Waals surface area contributed by atoms with Crippen LogP contribution < -0.4 is 11.2 Å². The summed E-state index contributed by atoms with van der Waals surface area (Å²) in [5.41, 5.74) is -1.01. The van der Waals surface area contributed by atoms with Crippen molar-refractivity contribution in [3.8, 4) is 0 Å². The smallest absolute Gasteiger partial charge is 0.330 e. The molecule has 0 amide bonds. The predicted octanol–water partition coefficient (Wildman–Crippen LogP) is 0.0948. The molecule has 19 heavy (non-hydrogen) atoms. The molecule has 0 spiro atoms. The number of aromatic amines is 1. The first kappa shape index (κ1) is 14.4. The summed E-state index contributed by atoms with van der Waals surface area (Å²) < 4.78 is 17.0. The van der Waals surface area contributed by atoms with Crippen molar-refractivity contribution in [2.75, 3.05) is 6.61 Å². The molecule has 8 nitrogen and oxygen atoms in total. The van der Waals surface area contributed by atoms with Crippen molar-refractivity contribution in [3.05, 3.63) is 33.1 Å². The summed E-state index contributed by atoms with van der Waals surface area (Å²) in [6, 6.07) is 1.24. The van der Waals surface area contributed by atoms with Gasteiger partial charge < -0.3 is 18.7 Å². The minimum absolute atomic E-state index is 0.186. The van der Waals surface area contributed by atoms with E-state index < -0.39 is 32.2 Å². The lowest BCUT2D eigenvalue weighted by Crippen LogP contribution is -2.39. The fourth-order valence-electron chi connectivity index (χ4n) is 1.70. The molecule has 1 fully saturated rings. The summed E-state index contributed by atoms with van der Waals surface area (Å²) >= 11 is 0. The van der Waals surface area contributed by atoms with Crippen molar-refractivity contribution in [1.82, 2.24) is 9.55 Å². The van der Waals surface area contributed by atoms with Crippen LogP contribution in [0.5, 0.6) is 0 Å². The third kappa shape index (κ3) is 3.49. The van der Waals surface area contributed by atoms with Crippen molar-refractivity contribution >= 4 is 8.60 Å². The van der Waals surface area contributed by atoms with Crippen molar-refractivity contribution in [2.45, 2.75) is 32.3 Å². The standard InChI is InChI=1S/C10H15N2O6P/c1-6-8(5-16-19(15)18-6)17-7(2)12-4-3-9(13)11-10(12)14/h3-4,6-8,15H,5H2,1-2H3,(H,11,13,14). The van der Waals surface area contributed by atoms with Gasteiger partial charge in [-0.15, -0.1) is 0 Å². The van der Waals surface area contributed by atoms with E-state index in [1.54, 1.807) is 13.8 Å². The van der Waals surface area contributed by atoms with Crippen molar-refractivity contribution < 1.29 is 18.7 Å². The van der Waals surface area contributed by atoms with Gasteiger partial charge in [0.05, 0.1) is 12.7 Å². The van der Waals surface area contributed by atoms with E-state index in [9.17, 15) is 14.5 Å². The zero-order valence-electron chi connectivity index (χ0n) is 10.5. The molecule has 1 aliphatic rings. The topological polar surface area (TPSA) is 103 Å². The maximum Gasteiger partial charge on any atom is 0.330 e. The van der Waals surface area contributed by atoms with Crippen LogP contribution in [0.4, 0.5) is 0 Å². The molecule has 0 aromatic carbocycles. The van der Waals surface area contributed by atoms with Crippen LogP contribution in [0.15, 0.2) is 21.9 Å². The molecular weight excluding hydrogens is 275 g/mol. The van der Waals surface area contributed by atoms with Gasteiger partial charge in [0, 0.05) is 12.3 Å². The van der Waals surface area contributed by atoms with Crippen LogP contribution >= 0.6 is 8.60 Å². The molecular formula is C10H15N2O6P. The molecule has 2 heterocycles. The van der Waals surface area contributed by atoms with Gasteiger partial charge in [0.15, 0.2) is 0 Å². The van der Waals surface area contributed by atoms with Gasteiger partial charge in [-0.25, -0.2) is 4.79 Å². The molecule has 0 aliphatic carbocycles. The highest BCUT2D eigenvalue weighted by atomic mass is 31.2. The molecule has 2 rings (SSSR count). The van der Waals surface area contributed by atoms with E-state index in [0.29, 0.717) is 0 Å². The molecule has 1 aromatic heterocycles. The van der Waals surface area contributed by atoms with Gasteiger partial charge in [0.2, 0.25) is 0 Å². The molecule has 0 radical (unpaired) electrons. The first-order valence-corrected chi connectivity index (χ1v) is 6.86. The van der Waals surface area contributed by atoms with Crippen molar-refractivity contribution in [3.63, 3.8) is 0 Å². The Morgan fingerprint density at radius 1 is 1.63 bits per heavy atom. The normalized spacial score (nSPS) is 29.1. The second kappa shape index (κ2) is 5.94. The van der Waals surface area contributed by atoms with Crippen LogP contribution in [0.3, 0.4) is 0 Å². The van der Waals surface area contributed by atoms with E-state index in [1.807, 2.05) is 0 Å². The Morgan fingerprint density at radius 2 is 2.37 bits per heavy atom. The zero-order chi connectivity index (χ0) is 14.0. The number of rotatable bonds is 3. The van der Waals surface area contributed by atoms with Gasteiger partial charge in [0.25, 0.3) is 5.56 Å². The van der Waals surface area contributed by atoms with Gasteiger partial charge in [-0.3, -0.25) is 14.3 Å². The second-order valence-corrected chi connectivity index (χ2v) is 5.08. The summed E-state index contributed by atoms with van der Waals surface area (Å²) in [5.74, 6) is 0. The molecule has 1 aromatic rings. The lowest BCUT2D eigenvalue weighted by molar-refractivity contribution is -0.124.